The van der Waals surface area contributed by atoms with E-state index in [0.717, 1.165) is 15.2 Å². The summed E-state index contributed by atoms with van der Waals surface area (Å²) in [6, 6.07) is 0. The molecule has 5 heteroatoms. The maximum atomic E-state index is 5.92. The second-order valence-electron chi connectivity index (χ2n) is 2.96. The molecule has 0 spiro atoms. The van der Waals surface area contributed by atoms with Crippen LogP contribution in [0.1, 0.15) is 6.42 Å². The Kier molecular flexibility index (Phi) is 3.93. The Morgan fingerprint density at radius 3 is 3.00 bits per heavy atom. The van der Waals surface area contributed by atoms with Crippen molar-refractivity contribution in [2.24, 2.45) is 0 Å². The van der Waals surface area contributed by atoms with E-state index in [1.807, 2.05) is 24.4 Å². The van der Waals surface area contributed by atoms with Gasteiger partial charge < -0.3 is 0 Å². The Morgan fingerprint density at radius 1 is 1.40 bits per heavy atom. The third-order valence-electron chi connectivity index (χ3n) is 1.87. The molecule has 1 heterocycles. The predicted molar refractivity (Wildman–Crippen MR) is 71.7 cm³/mol. The van der Waals surface area contributed by atoms with Crippen LogP contribution in [0.15, 0.2) is 45.3 Å². The molecule has 1 aliphatic carbocycles. The number of nitrogens with one attached hydrogen (secondary N) is 2. The summed E-state index contributed by atoms with van der Waals surface area (Å²) in [7, 11) is 0. The Balaban J connectivity index is 2.11. The molecule has 15 heavy (non-hydrogen) atoms. The van der Waals surface area contributed by atoms with Crippen molar-refractivity contribution in [3.05, 3.63) is 44.1 Å². The zero-order valence-electron chi connectivity index (χ0n) is 7.76. The van der Waals surface area contributed by atoms with E-state index in [9.17, 15) is 0 Å². The van der Waals surface area contributed by atoms with Gasteiger partial charge in [0.25, 0.3) is 0 Å². The lowest BCUT2D eigenvalue weighted by Gasteiger charge is -1.96. The van der Waals surface area contributed by atoms with E-state index in [2.05, 4.69) is 38.9 Å². The van der Waals surface area contributed by atoms with E-state index in [0.29, 0.717) is 0 Å². The maximum absolute atomic E-state index is 5.92. The van der Waals surface area contributed by atoms with Crippen molar-refractivity contribution >= 4 is 46.0 Å². The van der Waals surface area contributed by atoms with Gasteiger partial charge in [0.2, 0.25) is 6.20 Å². The molecule has 78 valence electrons. The van der Waals surface area contributed by atoms with Crippen LogP contribution >= 0.6 is 46.0 Å². The van der Waals surface area contributed by atoms with Gasteiger partial charge in [-0.3, -0.25) is 0 Å². The van der Waals surface area contributed by atoms with Crippen LogP contribution in [-0.4, -0.2) is 5.10 Å². The number of aromatic amines is 2. The van der Waals surface area contributed by atoms with Crippen molar-refractivity contribution in [3.63, 3.8) is 0 Å². The van der Waals surface area contributed by atoms with Gasteiger partial charge in [-0.2, -0.15) is 5.10 Å². The first kappa shape index (κ1) is 11.3. The van der Waals surface area contributed by atoms with E-state index in [4.69, 9.17) is 11.6 Å². The van der Waals surface area contributed by atoms with Gasteiger partial charge >= 0.3 is 0 Å². The lowest BCUT2D eigenvalue weighted by atomic mass is 10.4. The summed E-state index contributed by atoms with van der Waals surface area (Å²) in [5.41, 5.74) is 0. The largest absolute Gasteiger partial charge is 0.207 e. The third-order valence-corrected chi connectivity index (χ3v) is 4.45. The zero-order chi connectivity index (χ0) is 10.7. The van der Waals surface area contributed by atoms with Crippen molar-refractivity contribution in [1.82, 2.24) is 5.10 Å². The van der Waals surface area contributed by atoms with Crippen molar-refractivity contribution < 1.29 is 5.10 Å². The van der Waals surface area contributed by atoms with Crippen LogP contribution in [0.5, 0.6) is 0 Å². The van der Waals surface area contributed by atoms with E-state index < -0.39 is 0 Å². The Labute approximate surface area is 111 Å². The van der Waals surface area contributed by atoms with Gasteiger partial charge in [-0.15, -0.1) is 5.10 Å². The molecule has 1 aromatic rings. The summed E-state index contributed by atoms with van der Waals surface area (Å²) in [5, 5.41) is 6.80. The Hall–Kier alpha value is -0.200. The van der Waals surface area contributed by atoms with Crippen molar-refractivity contribution in [3.8, 4) is 0 Å². The Morgan fingerprint density at radius 2 is 2.27 bits per heavy atom. The summed E-state index contributed by atoms with van der Waals surface area (Å²) in [6.45, 7) is 0. The summed E-state index contributed by atoms with van der Waals surface area (Å²) < 4.78 is 1.12. The SMILES string of the molecule is ClC1=CCC=C(Sc2c[nH+][nH]c2I)C=C1. The van der Waals surface area contributed by atoms with Gasteiger partial charge in [-0.1, -0.05) is 35.5 Å². The number of hydrogen-bond acceptors (Lipinski definition) is 1. The summed E-state index contributed by atoms with van der Waals surface area (Å²) >= 11 is 9.91. The number of rotatable bonds is 2. The molecule has 0 aliphatic heterocycles. The second-order valence-corrected chi connectivity index (χ2v) is 5.59. The highest BCUT2D eigenvalue weighted by atomic mass is 127. The molecule has 0 unspecified atom stereocenters. The molecule has 0 radical (unpaired) electrons. The average Bonchev–Trinajstić information content (AvgIpc) is 2.48. The van der Waals surface area contributed by atoms with Crippen LogP contribution in [0.4, 0.5) is 0 Å². The molecule has 0 saturated heterocycles. The fraction of sp³-hybridized carbons (Fsp3) is 0.100. The van der Waals surface area contributed by atoms with Crippen LogP contribution in [0.25, 0.3) is 0 Å². The predicted octanol–water partition coefficient (Wildman–Crippen LogP) is 3.49. The number of halogens is 2. The van der Waals surface area contributed by atoms with Crippen molar-refractivity contribution in [2.75, 3.05) is 0 Å². The summed E-state index contributed by atoms with van der Waals surface area (Å²) in [5.74, 6) is 0. The van der Waals surface area contributed by atoms with Crippen LogP contribution < -0.4 is 5.10 Å². The van der Waals surface area contributed by atoms with Crippen LogP contribution in [-0.2, 0) is 0 Å². The topological polar surface area (TPSA) is 29.9 Å². The van der Waals surface area contributed by atoms with Gasteiger partial charge in [0.1, 0.15) is 4.90 Å². The smallest absolute Gasteiger partial charge is 0.160 e. The van der Waals surface area contributed by atoms with Crippen molar-refractivity contribution in [2.45, 2.75) is 11.3 Å². The first-order valence-corrected chi connectivity index (χ1v) is 6.69. The molecular formula is C10H9ClIN2S+. The van der Waals surface area contributed by atoms with Crippen LogP contribution in [0, 0.1) is 3.70 Å². The number of thioether (sulfide) groups is 1. The van der Waals surface area contributed by atoms with Gasteiger partial charge in [0.15, 0.2) is 3.70 Å². The summed E-state index contributed by atoms with van der Waals surface area (Å²) in [6.07, 6.45) is 11.0. The lowest BCUT2D eigenvalue weighted by Crippen LogP contribution is -1.97. The second kappa shape index (κ2) is 5.23. The molecule has 0 saturated carbocycles. The molecule has 0 atom stereocenters. The zero-order valence-corrected chi connectivity index (χ0v) is 11.5. The van der Waals surface area contributed by atoms with Crippen LogP contribution in [0.3, 0.4) is 0 Å². The first-order chi connectivity index (χ1) is 7.25. The molecule has 2 N–H and O–H groups in total. The molecule has 0 amide bonds. The number of allylic oxidation sites excluding steroid dienone is 5. The molecule has 1 aliphatic rings. The fourth-order valence-corrected chi connectivity index (χ4v) is 2.77. The van der Waals surface area contributed by atoms with Crippen LogP contribution in [0.2, 0.25) is 0 Å². The molecule has 2 rings (SSSR count). The van der Waals surface area contributed by atoms with E-state index in [1.165, 1.54) is 9.80 Å². The van der Waals surface area contributed by atoms with Crippen molar-refractivity contribution in [1.29, 1.82) is 0 Å². The monoisotopic (exact) mass is 351 g/mol. The Bertz CT molecular complexity index is 448. The molecule has 2 nitrogen and oxygen atoms in total. The minimum atomic E-state index is 0.803. The average molecular weight is 352 g/mol. The van der Waals surface area contributed by atoms with Gasteiger partial charge in [0, 0.05) is 9.94 Å². The number of H-pyrrole nitrogens is 2. The maximum Gasteiger partial charge on any atom is 0.207 e. The normalized spacial score (nSPS) is 15.9. The quantitative estimate of drug-likeness (QED) is 0.812. The number of hydrogen-bond donors (Lipinski definition) is 1. The highest BCUT2D eigenvalue weighted by Crippen LogP contribution is 2.31. The molecule has 0 fully saturated rings. The molecular weight excluding hydrogens is 343 g/mol. The third kappa shape index (κ3) is 3.12. The van der Waals surface area contributed by atoms with E-state index >= 15 is 0 Å². The highest BCUT2D eigenvalue weighted by Gasteiger charge is 2.08. The summed E-state index contributed by atoms with van der Waals surface area (Å²) in [4.78, 5) is 2.41. The standard InChI is InChI=1S/C10H8ClIN2S/c11-7-2-1-3-8(5-4-7)15-9-6-13-14-10(9)12/h2-6H,1H2,(H,13,14)/p+1. The minimum Gasteiger partial charge on any atom is -0.160 e. The molecule has 1 aromatic heterocycles. The first-order valence-electron chi connectivity index (χ1n) is 4.42. The van der Waals surface area contributed by atoms with E-state index in [1.54, 1.807) is 11.8 Å². The van der Waals surface area contributed by atoms with Gasteiger partial charge in [-0.05, 0) is 41.2 Å². The fourth-order valence-electron chi connectivity index (χ4n) is 1.15. The molecule has 0 bridgehead atoms. The highest BCUT2D eigenvalue weighted by molar-refractivity contribution is 14.1. The van der Waals surface area contributed by atoms with Gasteiger partial charge in [-0.25, -0.2) is 0 Å². The molecule has 0 aromatic carbocycles. The minimum absolute atomic E-state index is 0.803. The lowest BCUT2D eigenvalue weighted by molar-refractivity contribution is -0.451. The number of aromatic nitrogens is 2. The van der Waals surface area contributed by atoms with Gasteiger partial charge in [0.05, 0.1) is 0 Å². The van der Waals surface area contributed by atoms with E-state index in [-0.39, 0.29) is 0 Å².